The zero-order chi connectivity index (χ0) is 26.3. The molecule has 0 bridgehead atoms. The lowest BCUT2D eigenvalue weighted by Crippen LogP contribution is -2.24. The van der Waals surface area contributed by atoms with E-state index in [2.05, 4.69) is 20.8 Å². The van der Waals surface area contributed by atoms with Gasteiger partial charge in [-0.05, 0) is 61.3 Å². The summed E-state index contributed by atoms with van der Waals surface area (Å²) in [5.41, 5.74) is 3.63. The van der Waals surface area contributed by atoms with Gasteiger partial charge in [-0.25, -0.2) is 4.98 Å². The van der Waals surface area contributed by atoms with Crippen LogP contribution in [0.4, 0.5) is 0 Å². The SMILES string of the molecule is COc1cccc(-n2c(S[C@H](C)C(=O)c3ccc(C(C)(C)C)cc3)nc3sc4c(c3c2=O)CCCC4)c1. The molecule has 1 atom stereocenters. The second kappa shape index (κ2) is 10.1. The van der Waals surface area contributed by atoms with Crippen LogP contribution >= 0.6 is 23.1 Å². The van der Waals surface area contributed by atoms with E-state index in [1.54, 1.807) is 23.0 Å². The van der Waals surface area contributed by atoms with Crippen LogP contribution in [-0.2, 0) is 18.3 Å². The molecule has 7 heteroatoms. The number of methoxy groups -OCH3 is 1. The van der Waals surface area contributed by atoms with Crippen LogP contribution in [0.3, 0.4) is 0 Å². The molecule has 192 valence electrons. The van der Waals surface area contributed by atoms with Gasteiger partial charge in [0.05, 0.1) is 23.4 Å². The predicted octanol–water partition coefficient (Wildman–Crippen LogP) is 7.00. The van der Waals surface area contributed by atoms with E-state index in [1.165, 1.54) is 22.2 Å². The van der Waals surface area contributed by atoms with Gasteiger partial charge in [0.25, 0.3) is 5.56 Å². The van der Waals surface area contributed by atoms with Gasteiger partial charge >= 0.3 is 0 Å². The van der Waals surface area contributed by atoms with E-state index in [4.69, 9.17) is 9.72 Å². The minimum absolute atomic E-state index is 0.0162. The molecule has 1 aliphatic carbocycles. The van der Waals surface area contributed by atoms with Crippen molar-refractivity contribution >= 4 is 39.1 Å². The van der Waals surface area contributed by atoms with Crippen molar-refractivity contribution in [3.63, 3.8) is 0 Å². The normalized spacial score (nSPS) is 14.4. The average Bonchev–Trinajstić information content (AvgIpc) is 3.26. The van der Waals surface area contributed by atoms with Gasteiger partial charge in [0.15, 0.2) is 10.9 Å². The van der Waals surface area contributed by atoms with Crippen LogP contribution in [0.2, 0.25) is 0 Å². The molecule has 0 unspecified atom stereocenters. The molecular weight excluding hydrogens is 500 g/mol. The number of hydrogen-bond donors (Lipinski definition) is 0. The predicted molar refractivity (Wildman–Crippen MR) is 153 cm³/mol. The maximum absolute atomic E-state index is 14.0. The number of rotatable bonds is 6. The highest BCUT2D eigenvalue weighted by atomic mass is 32.2. The van der Waals surface area contributed by atoms with Crippen LogP contribution in [0, 0.1) is 0 Å². The van der Waals surface area contributed by atoms with Crippen LogP contribution in [0.1, 0.15) is 66.9 Å². The largest absolute Gasteiger partial charge is 0.497 e. The van der Waals surface area contributed by atoms with E-state index < -0.39 is 5.25 Å². The Kier molecular flexibility index (Phi) is 7.03. The number of hydrogen-bond acceptors (Lipinski definition) is 6. The number of carbonyl (C=O) groups excluding carboxylic acids is 1. The van der Waals surface area contributed by atoms with E-state index in [1.807, 2.05) is 55.5 Å². The Balaban J connectivity index is 1.58. The highest BCUT2D eigenvalue weighted by molar-refractivity contribution is 8.00. The number of ether oxygens (including phenoxy) is 1. The molecule has 0 aliphatic heterocycles. The number of aromatic nitrogens is 2. The third-order valence-corrected chi connectivity index (χ3v) is 9.19. The molecule has 4 aromatic rings. The molecule has 0 amide bonds. The van der Waals surface area contributed by atoms with Crippen molar-refractivity contribution in [2.24, 2.45) is 0 Å². The highest BCUT2D eigenvalue weighted by Crippen LogP contribution is 2.36. The van der Waals surface area contributed by atoms with Gasteiger partial charge in [0.2, 0.25) is 0 Å². The number of ketones is 1. The standard InChI is InChI=1S/C30H32N2O3S2/c1-18(26(33)19-13-15-20(16-14-19)30(2,3)4)36-29-31-27-25(23-11-6-7-12-24(23)37-27)28(34)32(29)21-9-8-10-22(17-21)35-5/h8-10,13-18H,6-7,11-12H2,1-5H3/t18-/m1/s1. The molecular formula is C30H32N2O3S2. The number of benzene rings is 2. The lowest BCUT2D eigenvalue weighted by atomic mass is 9.86. The van der Waals surface area contributed by atoms with Crippen LogP contribution in [0.25, 0.3) is 15.9 Å². The van der Waals surface area contributed by atoms with Crippen molar-refractivity contribution in [3.05, 3.63) is 80.5 Å². The first kappa shape index (κ1) is 25.7. The Labute approximate surface area is 225 Å². The number of thiophene rings is 1. The van der Waals surface area contributed by atoms with Crippen LogP contribution < -0.4 is 10.3 Å². The molecule has 0 spiro atoms. The summed E-state index contributed by atoms with van der Waals surface area (Å²) in [5, 5.41) is 0.830. The quantitative estimate of drug-likeness (QED) is 0.152. The molecule has 5 nitrogen and oxygen atoms in total. The van der Waals surface area contributed by atoms with Crippen molar-refractivity contribution < 1.29 is 9.53 Å². The van der Waals surface area contributed by atoms with Gasteiger partial charge in [-0.15, -0.1) is 11.3 Å². The molecule has 0 radical (unpaired) electrons. The molecule has 2 aromatic heterocycles. The monoisotopic (exact) mass is 532 g/mol. The molecule has 37 heavy (non-hydrogen) atoms. The lowest BCUT2D eigenvalue weighted by Gasteiger charge is -2.19. The molecule has 2 aromatic carbocycles. The summed E-state index contributed by atoms with van der Waals surface area (Å²) in [6.07, 6.45) is 4.14. The van der Waals surface area contributed by atoms with Crippen molar-refractivity contribution in [2.75, 3.05) is 7.11 Å². The van der Waals surface area contributed by atoms with Crippen LogP contribution in [0.15, 0.2) is 58.5 Å². The number of nitrogens with zero attached hydrogens (tertiary/aromatic N) is 2. The van der Waals surface area contributed by atoms with E-state index >= 15 is 0 Å². The molecule has 5 rings (SSSR count). The van der Waals surface area contributed by atoms with Crippen molar-refractivity contribution in [3.8, 4) is 11.4 Å². The molecule has 0 saturated heterocycles. The molecule has 1 aliphatic rings. The number of fused-ring (bicyclic) bond motifs is 3. The van der Waals surface area contributed by atoms with Crippen molar-refractivity contribution in [1.82, 2.24) is 9.55 Å². The fourth-order valence-corrected chi connectivity index (χ4v) is 7.13. The topological polar surface area (TPSA) is 61.2 Å². The summed E-state index contributed by atoms with van der Waals surface area (Å²) < 4.78 is 7.09. The summed E-state index contributed by atoms with van der Waals surface area (Å²) in [4.78, 5) is 34.5. The number of thioether (sulfide) groups is 1. The average molecular weight is 533 g/mol. The number of Topliss-reactive ketones (excluding diaryl/α,β-unsaturated/α-hetero) is 1. The van der Waals surface area contributed by atoms with Gasteiger partial charge in [0, 0.05) is 16.5 Å². The summed E-state index contributed by atoms with van der Waals surface area (Å²) in [6.45, 7) is 8.36. The fourth-order valence-electron chi connectivity index (χ4n) is 4.82. The Morgan fingerprint density at radius 3 is 2.54 bits per heavy atom. The molecule has 0 saturated carbocycles. The first-order valence-electron chi connectivity index (χ1n) is 12.7. The van der Waals surface area contributed by atoms with Gasteiger partial charge in [-0.1, -0.05) is 62.9 Å². The second-order valence-electron chi connectivity index (χ2n) is 10.6. The first-order chi connectivity index (χ1) is 17.7. The van der Waals surface area contributed by atoms with Crippen LogP contribution in [-0.4, -0.2) is 27.7 Å². The van der Waals surface area contributed by atoms with Gasteiger partial charge in [-0.2, -0.15) is 0 Å². The first-order valence-corrected chi connectivity index (χ1v) is 14.4. The Hall–Kier alpha value is -2.90. The molecule has 2 heterocycles. The zero-order valence-corrected chi connectivity index (χ0v) is 23.6. The van der Waals surface area contributed by atoms with E-state index in [-0.39, 0.29) is 16.8 Å². The Bertz CT molecular complexity index is 1530. The fraction of sp³-hybridized carbons (Fsp3) is 0.367. The third-order valence-electron chi connectivity index (χ3n) is 6.96. The zero-order valence-electron chi connectivity index (χ0n) is 22.0. The molecule has 0 N–H and O–H groups in total. The van der Waals surface area contributed by atoms with E-state index in [0.717, 1.165) is 41.5 Å². The highest BCUT2D eigenvalue weighted by Gasteiger charge is 2.26. The maximum Gasteiger partial charge on any atom is 0.267 e. The minimum atomic E-state index is -0.420. The van der Waals surface area contributed by atoms with Crippen molar-refractivity contribution in [2.45, 2.75) is 69.2 Å². The van der Waals surface area contributed by atoms with E-state index in [9.17, 15) is 9.59 Å². The van der Waals surface area contributed by atoms with Gasteiger partial charge in [-0.3, -0.25) is 14.2 Å². The van der Waals surface area contributed by atoms with Gasteiger partial charge in [0.1, 0.15) is 10.6 Å². The number of aryl methyl sites for hydroxylation is 2. The van der Waals surface area contributed by atoms with E-state index in [0.29, 0.717) is 22.2 Å². The summed E-state index contributed by atoms with van der Waals surface area (Å²) in [5.74, 6) is 0.679. The third kappa shape index (κ3) is 4.99. The lowest BCUT2D eigenvalue weighted by molar-refractivity contribution is 0.0993. The second-order valence-corrected chi connectivity index (χ2v) is 13.0. The Morgan fingerprint density at radius 1 is 1.11 bits per heavy atom. The summed E-state index contributed by atoms with van der Waals surface area (Å²) >= 11 is 2.96. The number of carbonyl (C=O) groups is 1. The Morgan fingerprint density at radius 2 is 1.84 bits per heavy atom. The summed E-state index contributed by atoms with van der Waals surface area (Å²) in [6, 6.07) is 15.3. The summed E-state index contributed by atoms with van der Waals surface area (Å²) in [7, 11) is 1.61. The van der Waals surface area contributed by atoms with Crippen molar-refractivity contribution in [1.29, 1.82) is 0 Å². The minimum Gasteiger partial charge on any atom is -0.497 e. The van der Waals surface area contributed by atoms with Crippen LogP contribution in [0.5, 0.6) is 5.75 Å². The van der Waals surface area contributed by atoms with Gasteiger partial charge < -0.3 is 4.74 Å². The molecule has 0 fully saturated rings. The maximum atomic E-state index is 14.0. The smallest absolute Gasteiger partial charge is 0.267 e.